The summed E-state index contributed by atoms with van der Waals surface area (Å²) in [7, 11) is 0. The minimum absolute atomic E-state index is 0.0531. The summed E-state index contributed by atoms with van der Waals surface area (Å²) in [6, 6.07) is 14.4. The Morgan fingerprint density at radius 2 is 2.00 bits per heavy atom. The highest BCUT2D eigenvalue weighted by Gasteiger charge is 2.43. The van der Waals surface area contributed by atoms with Gasteiger partial charge in [-0.25, -0.2) is 0 Å². The lowest BCUT2D eigenvalue weighted by Crippen LogP contribution is -2.28. The van der Waals surface area contributed by atoms with Gasteiger partial charge in [0.25, 0.3) is 0 Å². The summed E-state index contributed by atoms with van der Waals surface area (Å²) in [4.78, 5) is 11.9. The number of rotatable bonds is 2. The summed E-state index contributed by atoms with van der Waals surface area (Å²) in [6.07, 6.45) is 1.84. The van der Waals surface area contributed by atoms with Crippen LogP contribution >= 0.6 is 23.4 Å². The first-order valence-electron chi connectivity index (χ1n) is 7.40. The molecule has 1 saturated heterocycles. The summed E-state index contributed by atoms with van der Waals surface area (Å²) < 4.78 is 0. The number of hydrogen-bond acceptors (Lipinski definition) is 4. The Balaban J connectivity index is 1.76. The van der Waals surface area contributed by atoms with E-state index in [0.29, 0.717) is 5.25 Å². The molecule has 2 aliphatic rings. The standard InChI is InChI=1S/C17H16ClN3S/c1-11-10-21-16(12-5-7-13(18)8-6-12)15(20-17(21)22-11)14-4-2-3-9-19-14/h2-9,11,15-16H,10H2,1H3/t11-,15-,16-/m0/s1. The molecule has 3 nitrogen and oxygen atoms in total. The van der Waals surface area contributed by atoms with Gasteiger partial charge in [0.2, 0.25) is 0 Å². The van der Waals surface area contributed by atoms with Crippen LogP contribution in [0, 0.1) is 0 Å². The fourth-order valence-electron chi connectivity index (χ4n) is 3.14. The average Bonchev–Trinajstić information content (AvgIpc) is 3.05. The molecule has 4 rings (SSSR count). The van der Waals surface area contributed by atoms with Gasteiger partial charge >= 0.3 is 0 Å². The van der Waals surface area contributed by atoms with Crippen LogP contribution in [0.15, 0.2) is 53.7 Å². The second-order valence-electron chi connectivity index (χ2n) is 5.69. The van der Waals surface area contributed by atoms with E-state index >= 15 is 0 Å². The van der Waals surface area contributed by atoms with E-state index in [1.165, 1.54) is 5.56 Å². The van der Waals surface area contributed by atoms with Gasteiger partial charge in [0.1, 0.15) is 6.04 Å². The second-order valence-corrected chi connectivity index (χ2v) is 7.53. The molecule has 0 N–H and O–H groups in total. The summed E-state index contributed by atoms with van der Waals surface area (Å²) in [5.74, 6) is 0. The van der Waals surface area contributed by atoms with Crippen molar-refractivity contribution >= 4 is 28.5 Å². The lowest BCUT2D eigenvalue weighted by molar-refractivity contribution is 0.321. The van der Waals surface area contributed by atoms with Crippen LogP contribution in [0.1, 0.15) is 30.3 Å². The van der Waals surface area contributed by atoms with Gasteiger partial charge in [0.05, 0.1) is 11.7 Å². The molecule has 22 heavy (non-hydrogen) atoms. The first-order chi connectivity index (χ1) is 10.7. The van der Waals surface area contributed by atoms with Crippen molar-refractivity contribution in [3.05, 3.63) is 64.9 Å². The topological polar surface area (TPSA) is 28.5 Å². The molecule has 3 atom stereocenters. The first-order valence-corrected chi connectivity index (χ1v) is 8.65. The van der Waals surface area contributed by atoms with Gasteiger partial charge in [0, 0.05) is 23.0 Å². The molecule has 5 heteroatoms. The third-order valence-electron chi connectivity index (χ3n) is 4.09. The molecule has 0 unspecified atom stereocenters. The third-order valence-corrected chi connectivity index (χ3v) is 5.45. The minimum atomic E-state index is 0.0531. The number of fused-ring (bicyclic) bond motifs is 1. The van der Waals surface area contributed by atoms with E-state index in [9.17, 15) is 0 Å². The zero-order chi connectivity index (χ0) is 15.1. The van der Waals surface area contributed by atoms with Crippen LogP contribution in [0.5, 0.6) is 0 Å². The average molecular weight is 330 g/mol. The highest BCUT2D eigenvalue weighted by molar-refractivity contribution is 8.14. The Morgan fingerprint density at radius 1 is 1.18 bits per heavy atom. The smallest absolute Gasteiger partial charge is 0.160 e. The maximum atomic E-state index is 6.05. The van der Waals surface area contributed by atoms with Gasteiger partial charge in [-0.3, -0.25) is 9.98 Å². The number of hydrogen-bond donors (Lipinski definition) is 0. The Hall–Kier alpha value is -1.52. The molecule has 0 radical (unpaired) electrons. The van der Waals surface area contributed by atoms with Gasteiger partial charge in [-0.05, 0) is 29.8 Å². The highest BCUT2D eigenvalue weighted by Crippen LogP contribution is 2.47. The van der Waals surface area contributed by atoms with Crippen molar-refractivity contribution in [2.75, 3.05) is 6.54 Å². The Labute approximate surface area is 139 Å². The molecule has 0 saturated carbocycles. The Bertz CT molecular complexity index is 702. The maximum Gasteiger partial charge on any atom is 0.160 e. The quantitative estimate of drug-likeness (QED) is 0.821. The van der Waals surface area contributed by atoms with Crippen LogP contribution in [-0.4, -0.2) is 26.8 Å². The van der Waals surface area contributed by atoms with Gasteiger partial charge in [-0.1, -0.05) is 48.5 Å². The van der Waals surface area contributed by atoms with Crippen molar-refractivity contribution in [2.45, 2.75) is 24.3 Å². The molecule has 0 spiro atoms. The van der Waals surface area contributed by atoms with Crippen molar-refractivity contribution in [1.29, 1.82) is 0 Å². The molecular weight excluding hydrogens is 314 g/mol. The summed E-state index contributed by atoms with van der Waals surface area (Å²) in [6.45, 7) is 3.28. The second kappa shape index (κ2) is 5.60. The number of thioether (sulfide) groups is 1. The summed E-state index contributed by atoms with van der Waals surface area (Å²) in [5, 5.41) is 2.49. The molecule has 2 aliphatic heterocycles. The molecular formula is C17H16ClN3S. The number of pyridine rings is 1. The van der Waals surface area contributed by atoms with Crippen LogP contribution in [0.3, 0.4) is 0 Å². The number of aromatic nitrogens is 1. The van der Waals surface area contributed by atoms with Crippen LogP contribution < -0.4 is 0 Å². The Morgan fingerprint density at radius 3 is 2.73 bits per heavy atom. The van der Waals surface area contributed by atoms with Crippen LogP contribution in [0.4, 0.5) is 0 Å². The van der Waals surface area contributed by atoms with E-state index in [1.807, 2.05) is 42.2 Å². The number of nitrogens with zero attached hydrogens (tertiary/aromatic N) is 3. The van der Waals surface area contributed by atoms with E-state index in [1.54, 1.807) is 0 Å². The fourth-order valence-corrected chi connectivity index (χ4v) is 4.36. The lowest BCUT2D eigenvalue weighted by Gasteiger charge is -2.27. The highest BCUT2D eigenvalue weighted by atomic mass is 35.5. The van der Waals surface area contributed by atoms with Crippen LogP contribution in [0.25, 0.3) is 0 Å². The van der Waals surface area contributed by atoms with E-state index in [-0.39, 0.29) is 12.1 Å². The molecule has 0 bridgehead atoms. The molecule has 0 aliphatic carbocycles. The van der Waals surface area contributed by atoms with E-state index in [0.717, 1.165) is 22.4 Å². The first kappa shape index (κ1) is 14.1. The van der Waals surface area contributed by atoms with Crippen molar-refractivity contribution in [1.82, 2.24) is 9.88 Å². The molecule has 1 fully saturated rings. The van der Waals surface area contributed by atoms with Crippen molar-refractivity contribution < 1.29 is 0 Å². The molecule has 3 heterocycles. The molecule has 112 valence electrons. The molecule has 1 aromatic carbocycles. The van der Waals surface area contributed by atoms with Crippen molar-refractivity contribution in [3.8, 4) is 0 Å². The largest absolute Gasteiger partial charge is 0.341 e. The van der Waals surface area contributed by atoms with Crippen molar-refractivity contribution in [3.63, 3.8) is 0 Å². The van der Waals surface area contributed by atoms with Crippen molar-refractivity contribution in [2.24, 2.45) is 4.99 Å². The zero-order valence-electron chi connectivity index (χ0n) is 12.2. The number of aliphatic imine (C=N–C) groups is 1. The van der Waals surface area contributed by atoms with E-state index < -0.39 is 0 Å². The van der Waals surface area contributed by atoms with Gasteiger partial charge in [-0.15, -0.1) is 0 Å². The molecule has 1 aromatic heterocycles. The normalized spacial score (nSPS) is 26.9. The third kappa shape index (κ3) is 2.40. The summed E-state index contributed by atoms with van der Waals surface area (Å²) in [5.41, 5.74) is 2.27. The minimum Gasteiger partial charge on any atom is -0.341 e. The van der Waals surface area contributed by atoms with Gasteiger partial charge in [0.15, 0.2) is 5.17 Å². The van der Waals surface area contributed by atoms with Gasteiger partial charge in [-0.2, -0.15) is 0 Å². The number of benzene rings is 1. The van der Waals surface area contributed by atoms with E-state index in [4.69, 9.17) is 16.6 Å². The zero-order valence-corrected chi connectivity index (χ0v) is 13.8. The monoisotopic (exact) mass is 329 g/mol. The van der Waals surface area contributed by atoms with Gasteiger partial charge < -0.3 is 4.90 Å². The molecule has 2 aromatic rings. The SMILES string of the molecule is C[C@H]1CN2C(=N[C@@H](c3ccccn3)[C@@H]2c2ccc(Cl)cc2)S1. The number of amidine groups is 1. The van der Waals surface area contributed by atoms with Crippen LogP contribution in [-0.2, 0) is 0 Å². The van der Waals surface area contributed by atoms with E-state index in [2.05, 4.69) is 35.0 Å². The predicted molar refractivity (Wildman–Crippen MR) is 92.4 cm³/mol. The fraction of sp³-hybridized carbons (Fsp3) is 0.294. The lowest BCUT2D eigenvalue weighted by atomic mass is 9.96. The number of halogens is 1. The molecule has 0 amide bonds. The Kier molecular flexibility index (Phi) is 3.59. The van der Waals surface area contributed by atoms with Crippen LogP contribution in [0.2, 0.25) is 5.02 Å². The summed E-state index contributed by atoms with van der Waals surface area (Å²) >= 11 is 7.91. The maximum absolute atomic E-state index is 6.05. The predicted octanol–water partition coefficient (Wildman–Crippen LogP) is 4.32.